The number of amides is 1. The number of rotatable bonds is 3. The van der Waals surface area contributed by atoms with Gasteiger partial charge in [-0.15, -0.1) is 0 Å². The predicted molar refractivity (Wildman–Crippen MR) is 121 cm³/mol. The highest BCUT2D eigenvalue weighted by molar-refractivity contribution is 6.01. The molecule has 1 aliphatic carbocycles. The molecule has 7 heteroatoms. The van der Waals surface area contributed by atoms with Crippen molar-refractivity contribution in [2.45, 2.75) is 31.9 Å². The van der Waals surface area contributed by atoms with E-state index in [1.807, 2.05) is 30.0 Å². The molecule has 0 radical (unpaired) electrons. The molecule has 1 aromatic heterocycles. The second-order valence-corrected chi connectivity index (χ2v) is 9.71. The lowest BCUT2D eigenvalue weighted by atomic mass is 9.77. The van der Waals surface area contributed by atoms with Gasteiger partial charge in [0, 0.05) is 56.2 Å². The fraction of sp³-hybridized carbons (Fsp3) is 0.625. The maximum atomic E-state index is 13.4. The molecule has 3 aliphatic rings. The number of aryl methyl sites for hydroxylation is 1. The number of ether oxygens (including phenoxy) is 1. The Morgan fingerprint density at radius 1 is 1.13 bits per heavy atom. The number of benzene rings is 1. The van der Waals surface area contributed by atoms with Crippen LogP contribution in [0.25, 0.3) is 10.9 Å². The molecule has 0 bridgehead atoms. The number of nitrogens with one attached hydrogen (secondary N) is 1. The normalized spacial score (nSPS) is 30.0. The van der Waals surface area contributed by atoms with Gasteiger partial charge in [-0.2, -0.15) is 0 Å². The van der Waals surface area contributed by atoms with E-state index >= 15 is 0 Å². The number of piperazine rings is 1. The summed E-state index contributed by atoms with van der Waals surface area (Å²) in [5.74, 6) is 1.74. The van der Waals surface area contributed by atoms with E-state index in [4.69, 9.17) is 4.74 Å². The number of methoxy groups -OCH3 is 1. The van der Waals surface area contributed by atoms with E-state index < -0.39 is 0 Å². The molecule has 1 amide bonds. The van der Waals surface area contributed by atoms with E-state index in [0.717, 1.165) is 74.3 Å². The quantitative estimate of drug-likeness (QED) is 0.785. The monoisotopic (exact) mass is 426 g/mol. The largest absolute Gasteiger partial charge is 0.497 e. The highest BCUT2D eigenvalue weighted by atomic mass is 16.5. The fourth-order valence-corrected chi connectivity index (χ4v) is 5.92. The Labute approximate surface area is 183 Å². The zero-order valence-corrected chi connectivity index (χ0v) is 18.8. The molecule has 4 atom stereocenters. The molecule has 2 aliphatic heterocycles. The molecule has 3 heterocycles. The highest BCUT2D eigenvalue weighted by Crippen LogP contribution is 2.39. The zero-order chi connectivity index (χ0) is 21.7. The SMILES string of the molecule is COc1ccc2[nH]c(C(=O)N3C[C@H]4C[C@@H](N5CCN(C)CC5)[C@H](O)C[C@H]4C3)c(C)c2c1. The Bertz CT molecular complexity index is 965. The first-order valence-corrected chi connectivity index (χ1v) is 11.5. The van der Waals surface area contributed by atoms with Gasteiger partial charge in [0.15, 0.2) is 0 Å². The first-order chi connectivity index (χ1) is 14.9. The zero-order valence-electron chi connectivity index (χ0n) is 18.8. The van der Waals surface area contributed by atoms with Crippen LogP contribution < -0.4 is 4.74 Å². The molecule has 0 spiro atoms. The minimum atomic E-state index is -0.290. The molecule has 2 aromatic rings. The Hall–Kier alpha value is -2.09. The van der Waals surface area contributed by atoms with Crippen molar-refractivity contribution in [2.24, 2.45) is 11.8 Å². The molecule has 168 valence electrons. The predicted octanol–water partition coefficient (Wildman–Crippen LogP) is 1.94. The lowest BCUT2D eigenvalue weighted by Gasteiger charge is -2.44. The van der Waals surface area contributed by atoms with Gasteiger partial charge in [-0.05, 0) is 62.4 Å². The van der Waals surface area contributed by atoms with Gasteiger partial charge in [-0.3, -0.25) is 9.69 Å². The van der Waals surface area contributed by atoms with E-state index in [1.165, 1.54) is 0 Å². The number of hydrogen-bond donors (Lipinski definition) is 2. The number of likely N-dealkylation sites (N-methyl/N-ethyl adjacent to an activating group) is 1. The molecule has 1 aromatic carbocycles. The second kappa shape index (κ2) is 8.11. The van der Waals surface area contributed by atoms with Crippen molar-refractivity contribution < 1.29 is 14.6 Å². The highest BCUT2D eigenvalue weighted by Gasteiger charge is 2.45. The molecule has 2 N–H and O–H groups in total. The van der Waals surface area contributed by atoms with Crippen LogP contribution in [0.3, 0.4) is 0 Å². The summed E-state index contributed by atoms with van der Waals surface area (Å²) in [6.07, 6.45) is 1.50. The topological polar surface area (TPSA) is 72.0 Å². The number of likely N-dealkylation sites (tertiary alicyclic amines) is 1. The van der Waals surface area contributed by atoms with Crippen molar-refractivity contribution >= 4 is 16.8 Å². The van der Waals surface area contributed by atoms with Crippen LogP contribution in [0.1, 0.15) is 28.9 Å². The third-order valence-corrected chi connectivity index (χ3v) is 7.88. The molecular formula is C24H34N4O3. The average Bonchev–Trinajstić information content (AvgIpc) is 3.33. The Kier molecular flexibility index (Phi) is 5.44. The van der Waals surface area contributed by atoms with Crippen LogP contribution in [0.4, 0.5) is 0 Å². The second-order valence-electron chi connectivity index (χ2n) is 9.71. The van der Waals surface area contributed by atoms with E-state index in [9.17, 15) is 9.90 Å². The van der Waals surface area contributed by atoms with Crippen LogP contribution in [0, 0.1) is 18.8 Å². The van der Waals surface area contributed by atoms with Crippen molar-refractivity contribution in [3.05, 3.63) is 29.5 Å². The van der Waals surface area contributed by atoms with Crippen molar-refractivity contribution in [3.8, 4) is 5.75 Å². The Morgan fingerprint density at radius 2 is 1.84 bits per heavy atom. The van der Waals surface area contributed by atoms with Crippen molar-refractivity contribution in [3.63, 3.8) is 0 Å². The molecule has 5 rings (SSSR count). The summed E-state index contributed by atoms with van der Waals surface area (Å²) in [5, 5.41) is 11.9. The van der Waals surface area contributed by atoms with Crippen LogP contribution in [0.2, 0.25) is 0 Å². The molecular weight excluding hydrogens is 392 g/mol. The van der Waals surface area contributed by atoms with Crippen LogP contribution in [-0.4, -0.2) is 96.3 Å². The number of carbonyl (C=O) groups excluding carboxylic acids is 1. The number of carbonyl (C=O) groups is 1. The summed E-state index contributed by atoms with van der Waals surface area (Å²) in [6.45, 7) is 7.71. The summed E-state index contributed by atoms with van der Waals surface area (Å²) in [7, 11) is 3.82. The van der Waals surface area contributed by atoms with Gasteiger partial charge in [0.2, 0.25) is 0 Å². The van der Waals surface area contributed by atoms with Gasteiger partial charge in [0.25, 0.3) is 5.91 Å². The lowest BCUT2D eigenvalue weighted by molar-refractivity contribution is -0.0249. The average molecular weight is 427 g/mol. The lowest BCUT2D eigenvalue weighted by Crippen LogP contribution is -2.55. The minimum Gasteiger partial charge on any atom is -0.497 e. The molecule has 7 nitrogen and oxygen atoms in total. The van der Waals surface area contributed by atoms with Gasteiger partial charge >= 0.3 is 0 Å². The fourth-order valence-electron chi connectivity index (χ4n) is 5.92. The van der Waals surface area contributed by atoms with Crippen LogP contribution in [0.5, 0.6) is 5.75 Å². The van der Waals surface area contributed by atoms with Crippen LogP contribution in [0.15, 0.2) is 18.2 Å². The summed E-state index contributed by atoms with van der Waals surface area (Å²) in [5.41, 5.74) is 2.62. The number of nitrogens with zero attached hydrogens (tertiary/aromatic N) is 3. The van der Waals surface area contributed by atoms with Gasteiger partial charge in [0.05, 0.1) is 13.2 Å². The number of H-pyrrole nitrogens is 1. The van der Waals surface area contributed by atoms with Gasteiger partial charge in [-0.1, -0.05) is 0 Å². The number of aromatic amines is 1. The van der Waals surface area contributed by atoms with Gasteiger partial charge < -0.3 is 24.6 Å². The van der Waals surface area contributed by atoms with Gasteiger partial charge in [0.1, 0.15) is 11.4 Å². The molecule has 3 fully saturated rings. The molecule has 31 heavy (non-hydrogen) atoms. The van der Waals surface area contributed by atoms with Crippen molar-refractivity contribution in [2.75, 3.05) is 53.4 Å². The van der Waals surface area contributed by atoms with Crippen molar-refractivity contribution in [1.29, 1.82) is 0 Å². The van der Waals surface area contributed by atoms with E-state index in [0.29, 0.717) is 17.5 Å². The summed E-state index contributed by atoms with van der Waals surface area (Å²) < 4.78 is 5.35. The number of fused-ring (bicyclic) bond motifs is 2. The number of hydrogen-bond acceptors (Lipinski definition) is 5. The van der Waals surface area contributed by atoms with E-state index in [1.54, 1.807) is 7.11 Å². The summed E-state index contributed by atoms with van der Waals surface area (Å²) in [4.78, 5) is 23.6. The first-order valence-electron chi connectivity index (χ1n) is 11.5. The van der Waals surface area contributed by atoms with E-state index in [-0.39, 0.29) is 18.1 Å². The van der Waals surface area contributed by atoms with Crippen LogP contribution >= 0.6 is 0 Å². The molecule has 0 unspecified atom stereocenters. The number of aromatic nitrogens is 1. The number of aliphatic hydroxyl groups is 1. The van der Waals surface area contributed by atoms with Crippen molar-refractivity contribution in [1.82, 2.24) is 19.7 Å². The summed E-state index contributed by atoms with van der Waals surface area (Å²) >= 11 is 0. The Morgan fingerprint density at radius 3 is 2.55 bits per heavy atom. The molecule has 1 saturated carbocycles. The smallest absolute Gasteiger partial charge is 0.270 e. The number of aliphatic hydroxyl groups excluding tert-OH is 1. The van der Waals surface area contributed by atoms with Crippen LogP contribution in [-0.2, 0) is 0 Å². The third kappa shape index (κ3) is 3.73. The minimum absolute atomic E-state index is 0.0766. The Balaban J connectivity index is 1.31. The standard InChI is InChI=1S/C24H34N4O3/c1-15-19-12-18(31-3)4-5-20(19)25-23(15)24(30)28-13-16-10-21(22(29)11-17(16)14-28)27-8-6-26(2)7-9-27/h4-5,12,16-17,21-22,25,29H,6-11,13-14H2,1-3H3/t16-,17+,21-,22-/m1/s1. The van der Waals surface area contributed by atoms with E-state index in [2.05, 4.69) is 21.8 Å². The third-order valence-electron chi connectivity index (χ3n) is 7.88. The molecule has 2 saturated heterocycles. The maximum absolute atomic E-state index is 13.4. The maximum Gasteiger partial charge on any atom is 0.270 e. The first kappa shape index (κ1) is 20.8. The van der Waals surface area contributed by atoms with Gasteiger partial charge in [-0.25, -0.2) is 0 Å². The summed E-state index contributed by atoms with van der Waals surface area (Å²) in [6, 6.07) is 6.10.